The Bertz CT molecular complexity index is 741. The number of nitrogens with one attached hydrogen (secondary N) is 1. The van der Waals surface area contributed by atoms with Crippen molar-refractivity contribution < 1.29 is 12.8 Å². The van der Waals surface area contributed by atoms with E-state index in [-0.39, 0.29) is 16.6 Å². The van der Waals surface area contributed by atoms with Gasteiger partial charge in [-0.25, -0.2) is 17.8 Å². The lowest BCUT2D eigenvalue weighted by Crippen LogP contribution is -2.14. The number of halogens is 1. The van der Waals surface area contributed by atoms with E-state index in [0.29, 0.717) is 11.3 Å². The van der Waals surface area contributed by atoms with E-state index in [1.54, 1.807) is 5.38 Å². The van der Waals surface area contributed by atoms with Crippen LogP contribution in [-0.4, -0.2) is 19.2 Å². The summed E-state index contributed by atoms with van der Waals surface area (Å²) in [4.78, 5) is 4.13. The third-order valence-electron chi connectivity index (χ3n) is 2.37. The maximum atomic E-state index is 13.0. The zero-order valence-electron chi connectivity index (χ0n) is 10.3. The van der Waals surface area contributed by atoms with Crippen molar-refractivity contribution in [1.29, 1.82) is 0 Å². The third-order valence-corrected chi connectivity index (χ3v) is 4.44. The van der Waals surface area contributed by atoms with Gasteiger partial charge in [-0.15, -0.1) is 17.9 Å². The lowest BCUT2D eigenvalue weighted by molar-refractivity contribution is 0.604. The molecule has 20 heavy (non-hydrogen) atoms. The van der Waals surface area contributed by atoms with Crippen LogP contribution in [0.2, 0.25) is 0 Å². The molecular formula is C12H12FN3O2S2. The Morgan fingerprint density at radius 2 is 2.25 bits per heavy atom. The Morgan fingerprint density at radius 3 is 2.90 bits per heavy atom. The molecule has 0 aliphatic heterocycles. The van der Waals surface area contributed by atoms with Crippen LogP contribution in [0.3, 0.4) is 0 Å². The fraction of sp³-hybridized carbons (Fsp3) is 0.0833. The molecule has 2 aromatic rings. The number of sulfonamides is 1. The molecular weight excluding hydrogens is 301 g/mol. The van der Waals surface area contributed by atoms with Crippen molar-refractivity contribution in [3.8, 4) is 11.3 Å². The zero-order chi connectivity index (χ0) is 14.8. The number of rotatable bonds is 5. The maximum absolute atomic E-state index is 13.0. The van der Waals surface area contributed by atoms with Crippen molar-refractivity contribution in [2.24, 2.45) is 0 Å². The van der Waals surface area contributed by atoms with E-state index in [4.69, 9.17) is 5.73 Å². The highest BCUT2D eigenvalue weighted by molar-refractivity contribution is 7.93. The van der Waals surface area contributed by atoms with E-state index in [0.717, 1.165) is 11.3 Å². The molecule has 0 amide bonds. The van der Waals surface area contributed by atoms with Crippen LogP contribution in [-0.2, 0) is 10.0 Å². The topological polar surface area (TPSA) is 85.1 Å². The first-order chi connectivity index (χ1) is 9.41. The normalized spacial score (nSPS) is 11.2. The summed E-state index contributed by atoms with van der Waals surface area (Å²) in [7, 11) is -3.48. The van der Waals surface area contributed by atoms with Crippen molar-refractivity contribution in [3.05, 3.63) is 42.1 Å². The van der Waals surface area contributed by atoms with Crippen molar-refractivity contribution in [3.63, 3.8) is 0 Å². The highest BCUT2D eigenvalue weighted by Gasteiger charge is 2.13. The van der Waals surface area contributed by atoms with Gasteiger partial charge in [0.15, 0.2) is 5.13 Å². The molecule has 1 aromatic carbocycles. The Labute approximate surface area is 120 Å². The van der Waals surface area contributed by atoms with Gasteiger partial charge in [0.05, 0.1) is 11.4 Å². The number of hydrogen-bond donors (Lipinski definition) is 2. The van der Waals surface area contributed by atoms with Gasteiger partial charge in [-0.1, -0.05) is 6.08 Å². The fourth-order valence-corrected chi connectivity index (χ4v) is 3.37. The highest BCUT2D eigenvalue weighted by Crippen LogP contribution is 2.29. The molecule has 0 aliphatic rings. The zero-order valence-corrected chi connectivity index (χ0v) is 12.0. The fourth-order valence-electron chi connectivity index (χ4n) is 1.54. The maximum Gasteiger partial charge on any atom is 0.238 e. The minimum atomic E-state index is -3.48. The molecule has 0 aliphatic carbocycles. The number of thiazole rings is 1. The van der Waals surface area contributed by atoms with Crippen molar-refractivity contribution >= 4 is 32.2 Å². The smallest absolute Gasteiger partial charge is 0.238 e. The molecule has 1 heterocycles. The second-order valence-corrected chi connectivity index (χ2v) is 6.57. The van der Waals surface area contributed by atoms with Crippen LogP contribution in [0.25, 0.3) is 11.3 Å². The van der Waals surface area contributed by atoms with Gasteiger partial charge in [-0.3, -0.25) is 4.72 Å². The van der Waals surface area contributed by atoms with Crippen molar-refractivity contribution in [1.82, 2.24) is 4.98 Å². The molecule has 0 radical (unpaired) electrons. The monoisotopic (exact) mass is 313 g/mol. The van der Waals surface area contributed by atoms with Gasteiger partial charge in [0.2, 0.25) is 10.0 Å². The lowest BCUT2D eigenvalue weighted by Gasteiger charge is -2.03. The average Bonchev–Trinajstić information content (AvgIpc) is 2.76. The molecule has 0 atom stereocenters. The number of hydrogen-bond acceptors (Lipinski definition) is 5. The summed E-state index contributed by atoms with van der Waals surface area (Å²) in [6.07, 6.45) is 1.29. The summed E-state index contributed by atoms with van der Waals surface area (Å²) in [5, 5.41) is 1.88. The lowest BCUT2D eigenvalue weighted by atomic mass is 10.1. The third kappa shape index (κ3) is 3.34. The summed E-state index contributed by atoms with van der Waals surface area (Å²) >= 11 is 1.13. The minimum absolute atomic E-state index is 0.194. The quantitative estimate of drug-likeness (QED) is 0.656. The van der Waals surface area contributed by atoms with Crippen LogP contribution < -0.4 is 10.5 Å². The molecule has 106 valence electrons. The van der Waals surface area contributed by atoms with Crippen LogP contribution in [0, 0.1) is 5.82 Å². The van der Waals surface area contributed by atoms with Crippen molar-refractivity contribution in [2.45, 2.75) is 0 Å². The Hall–Kier alpha value is -1.93. The van der Waals surface area contributed by atoms with Crippen LogP contribution in [0.4, 0.5) is 15.2 Å². The Balaban J connectivity index is 2.27. The average molecular weight is 313 g/mol. The first-order valence-corrected chi connectivity index (χ1v) is 8.07. The highest BCUT2D eigenvalue weighted by atomic mass is 32.2. The second kappa shape index (κ2) is 5.59. The van der Waals surface area contributed by atoms with Gasteiger partial charge < -0.3 is 5.73 Å². The standard InChI is InChI=1S/C12H12FN3O2S2/c1-2-5-20(17,18)16-12-15-11(7-19-12)9-4-3-8(13)6-10(9)14/h2-4,6-7H,1,5,14H2,(H,15,16). The first-order valence-electron chi connectivity index (χ1n) is 5.53. The van der Waals surface area contributed by atoms with Gasteiger partial charge in [0.1, 0.15) is 5.82 Å². The number of nitrogens with two attached hydrogens (primary N) is 1. The van der Waals surface area contributed by atoms with Gasteiger partial charge >= 0.3 is 0 Å². The predicted octanol–water partition coefficient (Wildman–Crippen LogP) is 2.46. The van der Waals surface area contributed by atoms with Gasteiger partial charge in [0, 0.05) is 16.6 Å². The number of anilines is 2. The second-order valence-electron chi connectivity index (χ2n) is 3.94. The predicted molar refractivity (Wildman–Crippen MR) is 79.5 cm³/mol. The van der Waals surface area contributed by atoms with E-state index in [1.165, 1.54) is 24.3 Å². The van der Waals surface area contributed by atoms with Crippen LogP contribution in [0.1, 0.15) is 0 Å². The summed E-state index contributed by atoms with van der Waals surface area (Å²) in [6.45, 7) is 3.37. The molecule has 3 N–H and O–H groups in total. The number of nitrogens with zero attached hydrogens (tertiary/aromatic N) is 1. The van der Waals surface area contributed by atoms with Gasteiger partial charge in [-0.05, 0) is 18.2 Å². The van der Waals surface area contributed by atoms with E-state index in [9.17, 15) is 12.8 Å². The first kappa shape index (κ1) is 14.5. The molecule has 1 aromatic heterocycles. The summed E-state index contributed by atoms with van der Waals surface area (Å²) in [5.41, 5.74) is 7.00. The Morgan fingerprint density at radius 1 is 1.50 bits per heavy atom. The molecule has 0 saturated carbocycles. The Kier molecular flexibility index (Phi) is 4.05. The molecule has 8 heteroatoms. The van der Waals surface area contributed by atoms with E-state index >= 15 is 0 Å². The summed E-state index contributed by atoms with van der Waals surface area (Å²) < 4.78 is 38.4. The molecule has 5 nitrogen and oxygen atoms in total. The molecule has 0 unspecified atom stereocenters. The summed E-state index contributed by atoms with van der Waals surface area (Å²) in [6, 6.07) is 3.96. The van der Waals surface area contributed by atoms with Gasteiger partial charge in [-0.2, -0.15) is 0 Å². The summed E-state index contributed by atoms with van der Waals surface area (Å²) in [5.74, 6) is -0.631. The molecule has 0 fully saturated rings. The number of nitrogen functional groups attached to an aromatic ring is 1. The van der Waals surface area contributed by atoms with Crippen molar-refractivity contribution in [2.75, 3.05) is 16.2 Å². The van der Waals surface area contributed by atoms with E-state index < -0.39 is 15.8 Å². The largest absolute Gasteiger partial charge is 0.398 e. The van der Waals surface area contributed by atoms with Crippen LogP contribution in [0.5, 0.6) is 0 Å². The SMILES string of the molecule is C=CCS(=O)(=O)Nc1nc(-c2ccc(F)cc2N)cs1. The molecule has 2 rings (SSSR count). The van der Waals surface area contributed by atoms with Crippen LogP contribution >= 0.6 is 11.3 Å². The molecule has 0 saturated heterocycles. The molecule has 0 bridgehead atoms. The molecule has 0 spiro atoms. The van der Waals surface area contributed by atoms with Gasteiger partial charge in [0.25, 0.3) is 0 Å². The van der Waals surface area contributed by atoms with E-state index in [1.807, 2.05) is 0 Å². The minimum Gasteiger partial charge on any atom is -0.398 e. The number of aromatic nitrogens is 1. The van der Waals surface area contributed by atoms with E-state index in [2.05, 4.69) is 16.3 Å². The van der Waals surface area contributed by atoms with Crippen LogP contribution in [0.15, 0.2) is 36.2 Å². The number of benzene rings is 1.